The van der Waals surface area contributed by atoms with E-state index < -0.39 is 17.1 Å². The lowest BCUT2D eigenvalue weighted by Crippen LogP contribution is -2.44. The zero-order valence-corrected chi connectivity index (χ0v) is 17.6. The van der Waals surface area contributed by atoms with Crippen molar-refractivity contribution in [2.24, 2.45) is 0 Å². The number of hydrogen-bond donors (Lipinski definition) is 0. The van der Waals surface area contributed by atoms with E-state index in [1.807, 2.05) is 12.1 Å². The second-order valence-electron chi connectivity index (χ2n) is 7.35. The molecule has 1 saturated heterocycles. The number of anilines is 1. The number of fused-ring (bicyclic) bond motifs is 1. The number of benzene rings is 1. The first-order valence-corrected chi connectivity index (χ1v) is 9.93. The van der Waals surface area contributed by atoms with Crippen molar-refractivity contribution >= 4 is 46.2 Å². The average molecular weight is 401 g/mol. The van der Waals surface area contributed by atoms with Crippen molar-refractivity contribution in [3.63, 3.8) is 0 Å². The summed E-state index contributed by atoms with van der Waals surface area (Å²) in [6.07, 6.45) is 3.94. The fourth-order valence-electron chi connectivity index (χ4n) is 3.75. The first-order valence-electron chi connectivity index (χ1n) is 9.11. The molecule has 0 aromatic heterocycles. The zero-order chi connectivity index (χ0) is 20.6. The lowest BCUT2D eigenvalue weighted by Gasteiger charge is -2.42. The normalized spacial score (nSPS) is 19.8. The highest BCUT2D eigenvalue weighted by Crippen LogP contribution is 2.40. The van der Waals surface area contributed by atoms with Gasteiger partial charge in [0, 0.05) is 17.8 Å². The molecule has 2 amide bonds. The van der Waals surface area contributed by atoms with Crippen molar-refractivity contribution in [3.05, 3.63) is 40.3 Å². The summed E-state index contributed by atoms with van der Waals surface area (Å²) in [6.45, 7) is 9.11. The first kappa shape index (κ1) is 20.2. The summed E-state index contributed by atoms with van der Waals surface area (Å²) in [5.74, 6) is -1.10. The smallest absolute Gasteiger partial charge is 0.325 e. The van der Waals surface area contributed by atoms with Gasteiger partial charge >= 0.3 is 5.97 Å². The average Bonchev–Trinajstić information content (AvgIpc) is 2.89. The lowest BCUT2D eigenvalue weighted by atomic mass is 9.88. The van der Waals surface area contributed by atoms with Crippen molar-refractivity contribution in [3.8, 4) is 0 Å². The van der Waals surface area contributed by atoms with Crippen LogP contribution in [-0.2, 0) is 14.3 Å². The van der Waals surface area contributed by atoms with Crippen LogP contribution in [0.2, 0.25) is 0 Å². The van der Waals surface area contributed by atoms with E-state index in [0.29, 0.717) is 4.91 Å². The fraction of sp³-hybridized carbons (Fsp3) is 0.381. The summed E-state index contributed by atoms with van der Waals surface area (Å²) >= 11 is 0.838. The molecule has 2 heterocycles. The molecule has 0 spiro atoms. The van der Waals surface area contributed by atoms with Gasteiger partial charge < -0.3 is 9.64 Å². The van der Waals surface area contributed by atoms with Crippen molar-refractivity contribution in [1.82, 2.24) is 4.90 Å². The number of carbonyl (C=O) groups is 3. The second-order valence-corrected chi connectivity index (χ2v) is 8.34. The number of esters is 1. The number of methoxy groups -OCH3 is 1. The maximum atomic E-state index is 12.5. The molecule has 28 heavy (non-hydrogen) atoms. The van der Waals surface area contributed by atoms with E-state index in [4.69, 9.17) is 0 Å². The summed E-state index contributed by atoms with van der Waals surface area (Å²) in [5, 5.41) is -0.463. The number of nitrogens with zero attached hydrogens (tertiary/aromatic N) is 2. The molecule has 0 bridgehead atoms. The van der Waals surface area contributed by atoms with Gasteiger partial charge in [-0.2, -0.15) is 0 Å². The second kappa shape index (κ2) is 7.47. The Morgan fingerprint density at radius 2 is 2.00 bits per heavy atom. The third kappa shape index (κ3) is 3.58. The molecule has 0 atom stereocenters. The molecule has 148 valence electrons. The Bertz CT molecular complexity index is 917. The highest BCUT2D eigenvalue weighted by Gasteiger charge is 2.36. The molecule has 1 fully saturated rings. The number of amides is 2. The predicted molar refractivity (Wildman–Crippen MR) is 112 cm³/mol. The van der Waals surface area contributed by atoms with E-state index in [1.165, 1.54) is 12.7 Å². The van der Waals surface area contributed by atoms with Crippen LogP contribution in [0.5, 0.6) is 0 Å². The van der Waals surface area contributed by atoms with Crippen LogP contribution in [-0.4, -0.2) is 47.8 Å². The van der Waals surface area contributed by atoms with Gasteiger partial charge in [0.25, 0.3) is 11.1 Å². The van der Waals surface area contributed by atoms with Gasteiger partial charge in [-0.25, -0.2) is 0 Å². The standard InChI is InChI=1S/C21H24N2O4S/c1-6-23-16-8-7-14(9-15(16)13(2)11-21(23,3)4)10-17-19(25)22(20(26)28-17)12-18(24)27-5/h7-11H,6,12H2,1-5H3/b17-10-. The monoisotopic (exact) mass is 400 g/mol. The Hall–Kier alpha value is -2.54. The molecule has 0 N–H and O–H groups in total. The van der Waals surface area contributed by atoms with Crippen LogP contribution in [0.3, 0.4) is 0 Å². The minimum absolute atomic E-state index is 0.0656. The third-order valence-corrected chi connectivity index (χ3v) is 5.91. The van der Waals surface area contributed by atoms with Crippen LogP contribution >= 0.6 is 11.8 Å². The Morgan fingerprint density at radius 1 is 1.29 bits per heavy atom. The Labute approximate surface area is 169 Å². The number of allylic oxidation sites excluding steroid dienone is 1. The van der Waals surface area contributed by atoms with Crippen LogP contribution < -0.4 is 4.90 Å². The minimum Gasteiger partial charge on any atom is -0.468 e. The largest absolute Gasteiger partial charge is 0.468 e. The van der Waals surface area contributed by atoms with Gasteiger partial charge in [0.2, 0.25) is 0 Å². The van der Waals surface area contributed by atoms with Crippen LogP contribution in [0, 0.1) is 0 Å². The number of thioether (sulfide) groups is 1. The van der Waals surface area contributed by atoms with Crippen molar-refractivity contribution in [1.29, 1.82) is 0 Å². The summed E-state index contributed by atoms with van der Waals surface area (Å²) in [5.41, 5.74) is 4.22. The third-order valence-electron chi connectivity index (χ3n) is 5.00. The van der Waals surface area contributed by atoms with Crippen LogP contribution in [0.4, 0.5) is 10.5 Å². The maximum absolute atomic E-state index is 12.5. The number of rotatable bonds is 4. The van der Waals surface area contributed by atoms with Gasteiger partial charge in [-0.3, -0.25) is 19.3 Å². The first-order chi connectivity index (χ1) is 13.2. The highest BCUT2D eigenvalue weighted by atomic mass is 32.2. The predicted octanol–water partition coefficient (Wildman–Crippen LogP) is 3.92. The van der Waals surface area contributed by atoms with Crippen molar-refractivity contribution < 1.29 is 19.1 Å². The van der Waals surface area contributed by atoms with Gasteiger partial charge in [0.1, 0.15) is 6.54 Å². The molecule has 0 saturated carbocycles. The van der Waals surface area contributed by atoms with Gasteiger partial charge in [-0.15, -0.1) is 0 Å². The zero-order valence-electron chi connectivity index (χ0n) is 16.7. The SMILES string of the molecule is CCN1c2ccc(/C=C3\SC(=O)N(CC(=O)OC)C3=O)cc2C(C)=CC1(C)C. The van der Waals surface area contributed by atoms with E-state index in [2.05, 4.69) is 49.5 Å². The number of hydrogen-bond acceptors (Lipinski definition) is 6. The fourth-order valence-corrected chi connectivity index (χ4v) is 4.59. The number of ether oxygens (including phenoxy) is 1. The molecular formula is C21H24N2O4S. The molecule has 1 aromatic rings. The Morgan fingerprint density at radius 3 is 2.64 bits per heavy atom. The highest BCUT2D eigenvalue weighted by molar-refractivity contribution is 8.18. The maximum Gasteiger partial charge on any atom is 0.325 e. The van der Waals surface area contributed by atoms with Gasteiger partial charge in [0.15, 0.2) is 0 Å². The molecule has 0 unspecified atom stereocenters. The van der Waals surface area contributed by atoms with E-state index in [1.54, 1.807) is 6.08 Å². The molecular weight excluding hydrogens is 376 g/mol. The van der Waals surface area contributed by atoms with Gasteiger partial charge in [-0.05, 0) is 68.8 Å². The molecule has 2 aliphatic heterocycles. The molecule has 2 aliphatic rings. The number of imide groups is 1. The molecule has 0 aliphatic carbocycles. The Kier molecular flexibility index (Phi) is 5.39. The van der Waals surface area contributed by atoms with Crippen LogP contribution in [0.15, 0.2) is 29.2 Å². The van der Waals surface area contributed by atoms with Crippen LogP contribution in [0.25, 0.3) is 11.6 Å². The molecule has 0 radical (unpaired) electrons. The van der Waals surface area contributed by atoms with E-state index in [9.17, 15) is 14.4 Å². The lowest BCUT2D eigenvalue weighted by molar-refractivity contribution is -0.143. The number of carbonyl (C=O) groups excluding carboxylic acids is 3. The summed E-state index contributed by atoms with van der Waals surface area (Å²) in [7, 11) is 1.22. The van der Waals surface area contributed by atoms with E-state index >= 15 is 0 Å². The number of likely N-dealkylation sites (N-methyl/N-ethyl adjacent to an activating group) is 1. The minimum atomic E-state index is -0.625. The molecule has 7 heteroatoms. The molecule has 3 rings (SSSR count). The van der Waals surface area contributed by atoms with Gasteiger partial charge in [0.05, 0.1) is 17.6 Å². The van der Waals surface area contributed by atoms with Crippen molar-refractivity contribution in [2.45, 2.75) is 33.2 Å². The molecule has 1 aromatic carbocycles. The summed E-state index contributed by atoms with van der Waals surface area (Å²) in [6, 6.07) is 6.04. The summed E-state index contributed by atoms with van der Waals surface area (Å²) < 4.78 is 4.55. The quantitative estimate of drug-likeness (QED) is 0.564. The summed E-state index contributed by atoms with van der Waals surface area (Å²) in [4.78, 5) is 39.6. The topological polar surface area (TPSA) is 66.9 Å². The molecule has 6 nitrogen and oxygen atoms in total. The van der Waals surface area contributed by atoms with Crippen LogP contribution in [0.1, 0.15) is 38.8 Å². The Balaban J connectivity index is 1.93. The van der Waals surface area contributed by atoms with E-state index in [0.717, 1.165) is 40.0 Å². The van der Waals surface area contributed by atoms with Gasteiger partial charge in [-0.1, -0.05) is 12.1 Å². The van der Waals surface area contributed by atoms with E-state index in [-0.39, 0.29) is 12.1 Å². The van der Waals surface area contributed by atoms with Crippen molar-refractivity contribution in [2.75, 3.05) is 25.1 Å².